The van der Waals surface area contributed by atoms with Gasteiger partial charge in [-0.1, -0.05) is 33.6 Å². The zero-order valence-corrected chi connectivity index (χ0v) is 12.6. The lowest BCUT2D eigenvalue weighted by molar-refractivity contribution is -0.120. The minimum absolute atomic E-state index is 0. The second-order valence-electron chi connectivity index (χ2n) is 3.33. The number of hydrogen-bond acceptors (Lipinski definition) is 3. The molecule has 2 amide bonds. The normalized spacial score (nSPS) is 9.95. The molecule has 5 nitrogen and oxygen atoms in total. The van der Waals surface area contributed by atoms with E-state index in [-0.39, 0.29) is 14.9 Å². The molecule has 0 aliphatic rings. The first-order valence-electron chi connectivity index (χ1n) is 6.77. The third kappa shape index (κ3) is 12.5. The molecule has 0 spiro atoms. The summed E-state index contributed by atoms with van der Waals surface area (Å²) in [5, 5.41) is 5.18. The van der Waals surface area contributed by atoms with Gasteiger partial charge in [-0.25, -0.2) is 4.79 Å². The maximum atomic E-state index is 11.3. The van der Waals surface area contributed by atoms with Crippen molar-refractivity contribution in [1.29, 1.82) is 0 Å². The van der Waals surface area contributed by atoms with Crippen molar-refractivity contribution in [3.05, 3.63) is 0 Å². The van der Waals surface area contributed by atoms with E-state index in [1.807, 2.05) is 20.8 Å². The first-order valence-corrected chi connectivity index (χ1v) is 6.77. The van der Waals surface area contributed by atoms with Gasteiger partial charge >= 0.3 is 6.09 Å². The lowest BCUT2D eigenvalue weighted by atomic mass is 10.3. The Morgan fingerprint density at radius 2 is 1.79 bits per heavy atom. The van der Waals surface area contributed by atoms with E-state index in [1.165, 1.54) is 0 Å². The van der Waals surface area contributed by atoms with Gasteiger partial charge in [0, 0.05) is 22.4 Å². The lowest BCUT2D eigenvalue weighted by Gasteiger charge is -2.11. The Morgan fingerprint density at radius 1 is 1.21 bits per heavy atom. The van der Waals surface area contributed by atoms with E-state index in [0.717, 1.165) is 0 Å². The highest BCUT2D eigenvalue weighted by Crippen LogP contribution is 1.96. The molecule has 19 heavy (non-hydrogen) atoms. The summed E-state index contributed by atoms with van der Waals surface area (Å²) in [5.41, 5.74) is 0. The molecule has 0 saturated carbocycles. The van der Waals surface area contributed by atoms with Crippen molar-refractivity contribution < 1.29 is 17.2 Å². The van der Waals surface area contributed by atoms with E-state index < -0.39 is 6.09 Å². The molecule has 0 radical (unpaired) electrons. The van der Waals surface area contributed by atoms with E-state index in [1.54, 1.807) is 13.8 Å². The number of alkyl carbamates (subject to hydrolysis) is 1. The Morgan fingerprint density at radius 3 is 2.26 bits per heavy atom. The minimum atomic E-state index is -0.509. The van der Waals surface area contributed by atoms with Crippen LogP contribution in [0.1, 0.15) is 50.3 Å². The molecular weight excluding hydrogens is 244 g/mol. The van der Waals surface area contributed by atoms with Gasteiger partial charge in [-0.15, -0.1) is 5.92 Å². The van der Waals surface area contributed by atoms with Crippen LogP contribution in [0, 0.1) is 11.8 Å². The van der Waals surface area contributed by atoms with Crippen molar-refractivity contribution in [3.8, 4) is 11.8 Å². The fraction of sp³-hybridized carbons (Fsp3) is 0.714. The van der Waals surface area contributed by atoms with E-state index in [4.69, 9.17) is 4.74 Å². The van der Waals surface area contributed by atoms with Crippen LogP contribution in [-0.4, -0.2) is 31.2 Å². The fourth-order valence-electron chi connectivity index (χ4n) is 1.04. The number of carbonyl (C=O) groups is 2. The lowest BCUT2D eigenvalue weighted by Crippen LogP contribution is -2.35. The summed E-state index contributed by atoms with van der Waals surface area (Å²) in [6, 6.07) is 0. The first kappa shape index (κ1) is 19.6. The summed E-state index contributed by atoms with van der Waals surface area (Å²) in [4.78, 5) is 22.2. The largest absolute Gasteiger partial charge is 0.433 e. The molecule has 0 fully saturated rings. The van der Waals surface area contributed by atoms with Gasteiger partial charge in [-0.3, -0.25) is 4.79 Å². The monoisotopic (exact) mass is 274 g/mol. The average molecular weight is 274 g/mol. The molecule has 0 rings (SSSR count). The molecule has 0 aliphatic heterocycles. The Hall–Kier alpha value is -1.70. The van der Waals surface area contributed by atoms with Crippen LogP contribution in [-0.2, 0) is 9.53 Å². The van der Waals surface area contributed by atoms with Crippen LogP contribution in [0.15, 0.2) is 0 Å². The fourth-order valence-corrected chi connectivity index (χ4v) is 1.04. The van der Waals surface area contributed by atoms with E-state index in [0.29, 0.717) is 25.9 Å². The number of ether oxygens (including phenoxy) is 1. The molecule has 0 heterocycles. The van der Waals surface area contributed by atoms with Crippen molar-refractivity contribution in [2.75, 3.05) is 13.1 Å². The molecule has 0 aromatic heterocycles. The van der Waals surface area contributed by atoms with Crippen molar-refractivity contribution in [2.24, 2.45) is 0 Å². The number of carbonyl (C=O) groups excluding carboxylic acids is 2. The van der Waals surface area contributed by atoms with Crippen LogP contribution in [0.5, 0.6) is 0 Å². The minimum Gasteiger partial charge on any atom is -0.433 e. The van der Waals surface area contributed by atoms with Gasteiger partial charge in [-0.05, 0) is 13.3 Å². The van der Waals surface area contributed by atoms with E-state index >= 15 is 0 Å². The maximum Gasteiger partial charge on any atom is 0.408 e. The predicted octanol–water partition coefficient (Wildman–Crippen LogP) is 2.56. The second-order valence-corrected chi connectivity index (χ2v) is 3.33. The van der Waals surface area contributed by atoms with Crippen LogP contribution in [0.2, 0.25) is 0 Å². The van der Waals surface area contributed by atoms with E-state index in [2.05, 4.69) is 22.5 Å². The molecule has 0 saturated heterocycles. The maximum absolute atomic E-state index is 11.3. The molecule has 5 heteroatoms. The van der Waals surface area contributed by atoms with Gasteiger partial charge in [0.05, 0.1) is 0 Å². The van der Waals surface area contributed by atoms with Gasteiger partial charge in [0.25, 0.3) is 0 Å². The van der Waals surface area contributed by atoms with Crippen LogP contribution in [0.3, 0.4) is 0 Å². The highest BCUT2D eigenvalue weighted by molar-refractivity contribution is 5.75. The van der Waals surface area contributed by atoms with Gasteiger partial charge in [0.2, 0.25) is 5.91 Å². The summed E-state index contributed by atoms with van der Waals surface area (Å²) in [5.74, 6) is 5.44. The third-order valence-corrected chi connectivity index (χ3v) is 1.96. The SMILES string of the molecule is CC.CC#CC(CC)OC(=O)NCCNC(=O)CC.[HH].[HH]. The number of amides is 2. The van der Waals surface area contributed by atoms with Crippen molar-refractivity contribution in [3.63, 3.8) is 0 Å². The van der Waals surface area contributed by atoms with Gasteiger partial charge in [-0.2, -0.15) is 0 Å². The molecule has 0 bridgehead atoms. The third-order valence-electron chi connectivity index (χ3n) is 1.96. The van der Waals surface area contributed by atoms with Gasteiger partial charge < -0.3 is 15.4 Å². The van der Waals surface area contributed by atoms with Gasteiger partial charge in [0.15, 0.2) is 6.10 Å². The number of nitrogens with one attached hydrogen (secondary N) is 2. The highest BCUT2D eigenvalue weighted by atomic mass is 16.6. The first-order chi connectivity index (χ1) is 9.13. The molecule has 0 aromatic rings. The quantitative estimate of drug-likeness (QED) is 0.578. The number of hydrogen-bond donors (Lipinski definition) is 2. The summed E-state index contributed by atoms with van der Waals surface area (Å²) in [7, 11) is 0. The van der Waals surface area contributed by atoms with E-state index in [9.17, 15) is 9.59 Å². The molecule has 1 atom stereocenters. The summed E-state index contributed by atoms with van der Waals surface area (Å²) in [6.07, 6.45) is 0.213. The number of rotatable bonds is 6. The zero-order valence-electron chi connectivity index (χ0n) is 12.6. The summed E-state index contributed by atoms with van der Waals surface area (Å²) in [6.45, 7) is 10.1. The Labute approximate surface area is 119 Å². The van der Waals surface area contributed by atoms with Crippen molar-refractivity contribution in [2.45, 2.75) is 53.6 Å². The molecule has 2 N–H and O–H groups in total. The Kier molecular flexibility index (Phi) is 14.8. The Balaban J connectivity index is -0.000000344. The van der Waals surface area contributed by atoms with Crippen LogP contribution >= 0.6 is 0 Å². The smallest absolute Gasteiger partial charge is 0.408 e. The molecule has 1 unspecified atom stereocenters. The van der Waals surface area contributed by atoms with Crippen LogP contribution in [0.25, 0.3) is 0 Å². The molecule has 114 valence electrons. The van der Waals surface area contributed by atoms with Crippen LogP contribution < -0.4 is 10.6 Å². The van der Waals surface area contributed by atoms with Crippen molar-refractivity contribution >= 4 is 12.0 Å². The van der Waals surface area contributed by atoms with Crippen LogP contribution in [0.4, 0.5) is 4.79 Å². The van der Waals surface area contributed by atoms with Gasteiger partial charge in [0.1, 0.15) is 0 Å². The highest BCUT2D eigenvalue weighted by Gasteiger charge is 2.08. The molecular formula is C14H30N2O3. The summed E-state index contributed by atoms with van der Waals surface area (Å²) < 4.78 is 5.04. The zero-order chi connectivity index (χ0) is 15.1. The summed E-state index contributed by atoms with van der Waals surface area (Å²) >= 11 is 0. The molecule has 0 aromatic carbocycles. The average Bonchev–Trinajstić information content (AvgIpc) is 2.44. The van der Waals surface area contributed by atoms with Crippen molar-refractivity contribution in [1.82, 2.24) is 10.6 Å². The molecule has 0 aliphatic carbocycles. The predicted molar refractivity (Wildman–Crippen MR) is 80.9 cm³/mol. The second kappa shape index (κ2) is 14.4. The standard InChI is InChI=1S/C12H20N2O3.C2H6.2H2/c1-4-7-10(5-2)17-12(16)14-9-8-13-11(15)6-3;1-2;;/h10H,5-6,8-9H2,1-3H3,(H,13,15)(H,14,16);1-2H3;2*1H. The Bertz CT molecular complexity index is 315. The topological polar surface area (TPSA) is 67.4 Å².